The van der Waals surface area contributed by atoms with Crippen LogP contribution < -0.4 is 0 Å². The Morgan fingerprint density at radius 2 is 2.00 bits per heavy atom. The number of piperidine rings is 1. The average Bonchev–Trinajstić information content (AvgIpc) is 3.09. The fourth-order valence-electron chi connectivity index (χ4n) is 3.40. The van der Waals surface area contributed by atoms with E-state index in [0.29, 0.717) is 19.5 Å². The van der Waals surface area contributed by atoms with Gasteiger partial charge in [-0.2, -0.15) is 0 Å². The molecule has 1 N–H and O–H groups in total. The number of carboxylic acid groups (broad SMARTS) is 1. The van der Waals surface area contributed by atoms with E-state index in [4.69, 9.17) is 0 Å². The van der Waals surface area contributed by atoms with E-state index < -0.39 is 11.9 Å². The quantitative estimate of drug-likeness (QED) is 0.872. The number of carbonyl (C=O) groups excluding carboxylic acids is 1. The smallest absolute Gasteiger partial charge is 0.308 e. The summed E-state index contributed by atoms with van der Waals surface area (Å²) < 4.78 is 0. The van der Waals surface area contributed by atoms with Gasteiger partial charge in [0, 0.05) is 24.0 Å². The van der Waals surface area contributed by atoms with Crippen LogP contribution in [0.5, 0.6) is 0 Å². The Kier molecular flexibility index (Phi) is 5.71. The summed E-state index contributed by atoms with van der Waals surface area (Å²) in [5.74, 6) is -1.12. The molecule has 0 bridgehead atoms. The SMILES string of the molecule is CCc1ccc(-c2nc(CC(=O)N3CC(C)CC(C(=O)O)C3)cs2)cc1. The predicted molar refractivity (Wildman–Crippen MR) is 102 cm³/mol. The third-order valence-corrected chi connectivity index (χ3v) is 5.80. The van der Waals surface area contributed by atoms with Crippen LogP contribution in [0.3, 0.4) is 0 Å². The standard InChI is InChI=1S/C20H24N2O3S/c1-3-14-4-6-15(7-5-14)19-21-17(12-26-19)9-18(23)22-10-13(2)8-16(11-22)20(24)25/h4-7,12-13,16H,3,8-11H2,1-2H3,(H,24,25). The maximum Gasteiger partial charge on any atom is 0.308 e. The number of carboxylic acids is 1. The van der Waals surface area contributed by atoms with Crippen LogP contribution in [0, 0.1) is 11.8 Å². The first-order valence-corrected chi connectivity index (χ1v) is 9.88. The molecule has 1 aromatic heterocycles. The minimum absolute atomic E-state index is 0.0408. The van der Waals surface area contributed by atoms with Crippen LogP contribution in [0.1, 0.15) is 31.5 Å². The highest BCUT2D eigenvalue weighted by molar-refractivity contribution is 7.13. The van der Waals surface area contributed by atoms with Crippen molar-refractivity contribution in [2.45, 2.75) is 33.1 Å². The molecule has 138 valence electrons. The molecular weight excluding hydrogens is 348 g/mol. The van der Waals surface area contributed by atoms with Crippen molar-refractivity contribution in [3.63, 3.8) is 0 Å². The molecule has 3 rings (SSSR count). The number of aromatic nitrogens is 1. The van der Waals surface area contributed by atoms with Gasteiger partial charge < -0.3 is 10.0 Å². The van der Waals surface area contributed by atoms with E-state index in [-0.39, 0.29) is 18.2 Å². The molecule has 2 unspecified atom stereocenters. The first kappa shape index (κ1) is 18.6. The second-order valence-corrected chi connectivity index (χ2v) is 7.90. The Morgan fingerprint density at radius 3 is 2.65 bits per heavy atom. The lowest BCUT2D eigenvalue weighted by Crippen LogP contribution is -2.46. The van der Waals surface area contributed by atoms with Gasteiger partial charge in [-0.15, -0.1) is 11.3 Å². The fourth-order valence-corrected chi connectivity index (χ4v) is 4.23. The number of amides is 1. The molecule has 2 atom stereocenters. The molecule has 1 aliphatic rings. The molecule has 5 nitrogen and oxygen atoms in total. The number of likely N-dealkylation sites (tertiary alicyclic amines) is 1. The topological polar surface area (TPSA) is 70.5 Å². The van der Waals surface area contributed by atoms with Gasteiger partial charge in [-0.3, -0.25) is 9.59 Å². The van der Waals surface area contributed by atoms with E-state index in [0.717, 1.165) is 22.7 Å². The predicted octanol–water partition coefficient (Wildman–Crippen LogP) is 3.48. The number of hydrogen-bond donors (Lipinski definition) is 1. The van der Waals surface area contributed by atoms with Crippen molar-refractivity contribution in [2.75, 3.05) is 13.1 Å². The number of hydrogen-bond acceptors (Lipinski definition) is 4. The van der Waals surface area contributed by atoms with Crippen molar-refractivity contribution in [1.82, 2.24) is 9.88 Å². The number of aryl methyl sites for hydroxylation is 1. The van der Waals surface area contributed by atoms with Crippen molar-refractivity contribution in [2.24, 2.45) is 11.8 Å². The van der Waals surface area contributed by atoms with Crippen LogP contribution >= 0.6 is 11.3 Å². The summed E-state index contributed by atoms with van der Waals surface area (Å²) >= 11 is 1.53. The van der Waals surface area contributed by atoms with Gasteiger partial charge >= 0.3 is 5.97 Å². The Morgan fingerprint density at radius 1 is 1.27 bits per heavy atom. The summed E-state index contributed by atoms with van der Waals surface area (Å²) in [5, 5.41) is 12.1. The summed E-state index contributed by atoms with van der Waals surface area (Å²) in [6.45, 7) is 5.04. The molecule has 0 radical (unpaired) electrons. The molecule has 0 saturated carbocycles. The number of rotatable bonds is 5. The lowest BCUT2D eigenvalue weighted by Gasteiger charge is -2.34. The highest BCUT2D eigenvalue weighted by atomic mass is 32.1. The normalized spacial score (nSPS) is 20.2. The third-order valence-electron chi connectivity index (χ3n) is 4.85. The highest BCUT2D eigenvalue weighted by Gasteiger charge is 2.31. The second kappa shape index (κ2) is 7.99. The molecule has 6 heteroatoms. The second-order valence-electron chi connectivity index (χ2n) is 7.05. The first-order valence-electron chi connectivity index (χ1n) is 9.00. The molecule has 1 fully saturated rings. The van der Waals surface area contributed by atoms with Gasteiger partial charge in [-0.25, -0.2) is 4.98 Å². The Labute approximate surface area is 157 Å². The minimum atomic E-state index is -0.819. The first-order chi connectivity index (χ1) is 12.5. The van der Waals surface area contributed by atoms with E-state index in [9.17, 15) is 14.7 Å². The van der Waals surface area contributed by atoms with Gasteiger partial charge in [-0.05, 0) is 24.3 Å². The molecule has 1 aromatic carbocycles. The molecule has 2 aromatic rings. The van der Waals surface area contributed by atoms with E-state index in [1.54, 1.807) is 4.90 Å². The van der Waals surface area contributed by atoms with Crippen LogP contribution in [0.15, 0.2) is 29.6 Å². The molecule has 1 amide bonds. The lowest BCUT2D eigenvalue weighted by atomic mass is 9.90. The highest BCUT2D eigenvalue weighted by Crippen LogP contribution is 2.26. The summed E-state index contributed by atoms with van der Waals surface area (Å²) in [4.78, 5) is 30.2. The molecule has 1 aliphatic heterocycles. The van der Waals surface area contributed by atoms with Crippen LogP contribution in [0.2, 0.25) is 0 Å². The Balaban J connectivity index is 1.66. The van der Waals surface area contributed by atoms with Crippen LogP contribution in [-0.2, 0) is 22.4 Å². The van der Waals surface area contributed by atoms with Gasteiger partial charge in [0.1, 0.15) is 5.01 Å². The van der Waals surface area contributed by atoms with Crippen molar-refractivity contribution in [3.8, 4) is 10.6 Å². The number of benzene rings is 1. The van der Waals surface area contributed by atoms with E-state index in [1.807, 2.05) is 12.3 Å². The Bertz CT molecular complexity index is 785. The van der Waals surface area contributed by atoms with Gasteiger partial charge in [0.2, 0.25) is 5.91 Å². The molecular formula is C20H24N2O3S. The van der Waals surface area contributed by atoms with Crippen LogP contribution in [0.4, 0.5) is 0 Å². The molecule has 2 heterocycles. The third kappa shape index (κ3) is 4.30. The average molecular weight is 372 g/mol. The van der Waals surface area contributed by atoms with Crippen molar-refractivity contribution < 1.29 is 14.7 Å². The summed E-state index contributed by atoms with van der Waals surface area (Å²) in [6.07, 6.45) is 1.86. The van der Waals surface area contributed by atoms with Crippen LogP contribution in [0.25, 0.3) is 10.6 Å². The fraction of sp³-hybridized carbons (Fsp3) is 0.450. The Hall–Kier alpha value is -2.21. The van der Waals surface area contributed by atoms with Gasteiger partial charge in [0.25, 0.3) is 0 Å². The van der Waals surface area contributed by atoms with E-state index >= 15 is 0 Å². The van der Waals surface area contributed by atoms with Gasteiger partial charge in [0.15, 0.2) is 0 Å². The van der Waals surface area contributed by atoms with Gasteiger partial charge in [-0.1, -0.05) is 38.1 Å². The summed E-state index contributed by atoms with van der Waals surface area (Å²) in [5.41, 5.74) is 3.09. The van der Waals surface area contributed by atoms with Gasteiger partial charge in [0.05, 0.1) is 18.0 Å². The zero-order chi connectivity index (χ0) is 18.7. The zero-order valence-electron chi connectivity index (χ0n) is 15.1. The molecule has 26 heavy (non-hydrogen) atoms. The van der Waals surface area contributed by atoms with E-state index in [2.05, 4.69) is 36.2 Å². The molecule has 0 spiro atoms. The summed E-state index contributed by atoms with van der Waals surface area (Å²) in [6, 6.07) is 8.32. The van der Waals surface area contributed by atoms with Crippen LogP contribution in [-0.4, -0.2) is 40.0 Å². The number of aliphatic carboxylic acids is 1. The number of carbonyl (C=O) groups is 2. The lowest BCUT2D eigenvalue weighted by molar-refractivity contribution is -0.146. The summed E-state index contributed by atoms with van der Waals surface area (Å²) in [7, 11) is 0. The number of thiazole rings is 1. The molecule has 0 aliphatic carbocycles. The van der Waals surface area contributed by atoms with Crippen molar-refractivity contribution in [3.05, 3.63) is 40.9 Å². The largest absolute Gasteiger partial charge is 0.481 e. The minimum Gasteiger partial charge on any atom is -0.481 e. The van der Waals surface area contributed by atoms with Crippen molar-refractivity contribution in [1.29, 1.82) is 0 Å². The maximum atomic E-state index is 12.6. The monoisotopic (exact) mass is 372 g/mol. The van der Waals surface area contributed by atoms with Crippen molar-refractivity contribution >= 4 is 23.2 Å². The maximum absolute atomic E-state index is 12.6. The zero-order valence-corrected chi connectivity index (χ0v) is 16.0. The van der Waals surface area contributed by atoms with E-state index in [1.165, 1.54) is 16.9 Å². The molecule has 1 saturated heterocycles. The number of nitrogens with zero attached hydrogens (tertiary/aromatic N) is 2.